The van der Waals surface area contributed by atoms with E-state index in [1.807, 2.05) is 13.8 Å². The van der Waals surface area contributed by atoms with Crippen molar-refractivity contribution < 1.29 is 9.59 Å². The van der Waals surface area contributed by atoms with Crippen LogP contribution in [0.15, 0.2) is 0 Å². The largest absolute Gasteiger partial charge is 0.369 e. The zero-order chi connectivity index (χ0) is 12.8. The van der Waals surface area contributed by atoms with Crippen LogP contribution < -0.4 is 16.4 Å². The number of hydrogen-bond acceptors (Lipinski definition) is 3. The van der Waals surface area contributed by atoms with E-state index in [4.69, 9.17) is 5.73 Å². The quantitative estimate of drug-likeness (QED) is 0.574. The summed E-state index contributed by atoms with van der Waals surface area (Å²) in [5.74, 6) is -0.476. The van der Waals surface area contributed by atoms with Gasteiger partial charge in [-0.3, -0.25) is 9.59 Å². The van der Waals surface area contributed by atoms with Gasteiger partial charge in [-0.05, 0) is 13.8 Å². The second-order valence-electron chi connectivity index (χ2n) is 4.88. The van der Waals surface area contributed by atoms with E-state index >= 15 is 0 Å². The number of carbonyl (C=O) groups excluding carboxylic acids is 2. The Labute approximate surface area is 97.2 Å². The van der Waals surface area contributed by atoms with E-state index < -0.39 is 11.3 Å². The van der Waals surface area contributed by atoms with Gasteiger partial charge in [0, 0.05) is 25.6 Å². The van der Waals surface area contributed by atoms with Gasteiger partial charge in [0.05, 0.1) is 5.41 Å². The first-order valence-electron chi connectivity index (χ1n) is 5.55. The summed E-state index contributed by atoms with van der Waals surface area (Å²) in [5.41, 5.74) is 4.50. The monoisotopic (exact) mass is 229 g/mol. The maximum Gasteiger partial charge on any atom is 0.224 e. The Hall–Kier alpha value is -1.10. The number of rotatable bonds is 7. The Morgan fingerprint density at radius 3 is 2.31 bits per heavy atom. The van der Waals surface area contributed by atoms with Crippen LogP contribution in [-0.2, 0) is 9.59 Å². The van der Waals surface area contributed by atoms with Gasteiger partial charge in [0.15, 0.2) is 0 Å². The molecule has 4 N–H and O–H groups in total. The van der Waals surface area contributed by atoms with Crippen LogP contribution in [0.2, 0.25) is 0 Å². The summed E-state index contributed by atoms with van der Waals surface area (Å²) in [5, 5.41) is 5.84. The molecule has 0 aliphatic carbocycles. The van der Waals surface area contributed by atoms with Gasteiger partial charge in [-0.25, -0.2) is 0 Å². The highest BCUT2D eigenvalue weighted by atomic mass is 16.2. The summed E-state index contributed by atoms with van der Waals surface area (Å²) < 4.78 is 0. The molecule has 0 fully saturated rings. The first-order chi connectivity index (χ1) is 7.25. The Morgan fingerprint density at radius 2 is 1.88 bits per heavy atom. The minimum Gasteiger partial charge on any atom is -0.369 e. The molecule has 0 aromatic rings. The van der Waals surface area contributed by atoms with Gasteiger partial charge >= 0.3 is 0 Å². The Balaban J connectivity index is 3.77. The fourth-order valence-corrected chi connectivity index (χ4v) is 0.969. The van der Waals surface area contributed by atoms with E-state index in [2.05, 4.69) is 10.6 Å². The van der Waals surface area contributed by atoms with Crippen molar-refractivity contribution in [3.63, 3.8) is 0 Å². The van der Waals surface area contributed by atoms with Gasteiger partial charge in [0.2, 0.25) is 11.8 Å². The molecule has 0 saturated carbocycles. The molecule has 0 aliphatic heterocycles. The molecule has 0 aromatic heterocycles. The maximum atomic E-state index is 11.4. The summed E-state index contributed by atoms with van der Waals surface area (Å²) in [6.45, 7) is 8.38. The van der Waals surface area contributed by atoms with E-state index in [0.29, 0.717) is 19.0 Å². The van der Waals surface area contributed by atoms with E-state index in [9.17, 15) is 9.59 Å². The first kappa shape index (κ1) is 14.9. The lowest BCUT2D eigenvalue weighted by molar-refractivity contribution is -0.127. The fraction of sp³-hybridized carbons (Fsp3) is 0.818. The van der Waals surface area contributed by atoms with Crippen LogP contribution in [0, 0.1) is 5.41 Å². The highest BCUT2D eigenvalue weighted by molar-refractivity contribution is 5.82. The standard InChI is InChI=1S/C11H23N3O2/c1-8(2)13-6-5-9(15)14-7-11(3,4)10(12)16/h8,13H,5-7H2,1-4H3,(H2,12,16)(H,14,15). The fourth-order valence-electron chi connectivity index (χ4n) is 0.969. The molecule has 0 radical (unpaired) electrons. The van der Waals surface area contributed by atoms with Crippen molar-refractivity contribution >= 4 is 11.8 Å². The molecule has 0 aromatic carbocycles. The van der Waals surface area contributed by atoms with E-state index in [1.165, 1.54) is 0 Å². The van der Waals surface area contributed by atoms with Crippen LogP contribution in [-0.4, -0.2) is 30.9 Å². The molecule has 5 heteroatoms. The van der Waals surface area contributed by atoms with Crippen LogP contribution in [0.25, 0.3) is 0 Å². The van der Waals surface area contributed by atoms with E-state index in [0.717, 1.165) is 0 Å². The van der Waals surface area contributed by atoms with Gasteiger partial charge in [-0.15, -0.1) is 0 Å². The van der Waals surface area contributed by atoms with Crippen LogP contribution in [0.3, 0.4) is 0 Å². The number of hydrogen-bond donors (Lipinski definition) is 3. The molecule has 16 heavy (non-hydrogen) atoms. The highest BCUT2D eigenvalue weighted by Gasteiger charge is 2.25. The molecule has 0 heterocycles. The second kappa shape index (κ2) is 6.48. The Kier molecular flexibility index (Phi) is 6.03. The third kappa shape index (κ3) is 6.40. The van der Waals surface area contributed by atoms with E-state index in [1.54, 1.807) is 13.8 Å². The number of nitrogens with one attached hydrogen (secondary N) is 2. The van der Waals surface area contributed by atoms with Crippen LogP contribution in [0.4, 0.5) is 0 Å². The van der Waals surface area contributed by atoms with Crippen molar-refractivity contribution in [2.75, 3.05) is 13.1 Å². The summed E-state index contributed by atoms with van der Waals surface area (Å²) in [7, 11) is 0. The minimum absolute atomic E-state index is 0.0672. The maximum absolute atomic E-state index is 11.4. The summed E-state index contributed by atoms with van der Waals surface area (Å²) in [4.78, 5) is 22.4. The lowest BCUT2D eigenvalue weighted by Crippen LogP contribution is -2.43. The van der Waals surface area contributed by atoms with Gasteiger partial charge < -0.3 is 16.4 Å². The van der Waals surface area contributed by atoms with Gasteiger partial charge in [-0.1, -0.05) is 13.8 Å². The molecule has 5 nitrogen and oxygen atoms in total. The average molecular weight is 229 g/mol. The van der Waals surface area contributed by atoms with Crippen molar-refractivity contribution in [1.29, 1.82) is 0 Å². The molecular formula is C11H23N3O2. The van der Waals surface area contributed by atoms with Crippen LogP contribution >= 0.6 is 0 Å². The van der Waals surface area contributed by atoms with Crippen molar-refractivity contribution in [3.05, 3.63) is 0 Å². The Morgan fingerprint density at radius 1 is 1.31 bits per heavy atom. The molecule has 0 atom stereocenters. The molecule has 94 valence electrons. The molecule has 2 amide bonds. The van der Waals surface area contributed by atoms with Crippen molar-refractivity contribution in [3.8, 4) is 0 Å². The van der Waals surface area contributed by atoms with Crippen molar-refractivity contribution in [1.82, 2.24) is 10.6 Å². The second-order valence-corrected chi connectivity index (χ2v) is 4.88. The molecule has 0 unspecified atom stereocenters. The third-order valence-corrected chi connectivity index (χ3v) is 2.30. The van der Waals surface area contributed by atoms with Crippen LogP contribution in [0.1, 0.15) is 34.1 Å². The smallest absolute Gasteiger partial charge is 0.224 e. The zero-order valence-electron chi connectivity index (χ0n) is 10.6. The number of amides is 2. The van der Waals surface area contributed by atoms with Gasteiger partial charge in [0.25, 0.3) is 0 Å². The molecular weight excluding hydrogens is 206 g/mol. The SMILES string of the molecule is CC(C)NCCC(=O)NCC(C)(C)C(N)=O. The molecule has 0 bridgehead atoms. The average Bonchev–Trinajstić information content (AvgIpc) is 2.14. The summed E-state index contributed by atoms with van der Waals surface area (Å²) in [6, 6.07) is 0.370. The molecule has 0 aliphatic rings. The minimum atomic E-state index is -0.693. The third-order valence-electron chi connectivity index (χ3n) is 2.30. The molecule has 0 rings (SSSR count). The molecule has 0 saturated heterocycles. The van der Waals surface area contributed by atoms with E-state index in [-0.39, 0.29) is 12.5 Å². The summed E-state index contributed by atoms with van der Waals surface area (Å²) >= 11 is 0. The van der Waals surface area contributed by atoms with Crippen molar-refractivity contribution in [2.24, 2.45) is 11.1 Å². The van der Waals surface area contributed by atoms with Crippen molar-refractivity contribution in [2.45, 2.75) is 40.2 Å². The van der Waals surface area contributed by atoms with Gasteiger partial charge in [0.1, 0.15) is 0 Å². The van der Waals surface area contributed by atoms with Crippen LogP contribution in [0.5, 0.6) is 0 Å². The molecule has 0 spiro atoms. The topological polar surface area (TPSA) is 84.2 Å². The highest BCUT2D eigenvalue weighted by Crippen LogP contribution is 2.11. The zero-order valence-corrected chi connectivity index (χ0v) is 10.6. The normalized spacial score (nSPS) is 11.6. The van der Waals surface area contributed by atoms with Gasteiger partial charge in [-0.2, -0.15) is 0 Å². The lowest BCUT2D eigenvalue weighted by Gasteiger charge is -2.20. The number of primary amides is 1. The number of carbonyl (C=O) groups is 2. The predicted molar refractivity (Wildman–Crippen MR) is 63.7 cm³/mol. The first-order valence-corrected chi connectivity index (χ1v) is 5.55. The Bertz CT molecular complexity index is 250. The predicted octanol–water partition coefficient (Wildman–Crippen LogP) is 0.00220. The summed E-state index contributed by atoms with van der Waals surface area (Å²) in [6.07, 6.45) is 0.410. The lowest BCUT2D eigenvalue weighted by atomic mass is 9.93. The number of nitrogens with two attached hydrogens (primary N) is 1.